The summed E-state index contributed by atoms with van der Waals surface area (Å²) in [6.45, 7) is 14.9. The van der Waals surface area contributed by atoms with Crippen molar-refractivity contribution in [3.8, 4) is 11.5 Å². The molecule has 1 heterocycles. The Morgan fingerprint density at radius 2 is 1.83 bits per heavy atom. The minimum Gasteiger partial charge on any atom is -0.497 e. The quantitative estimate of drug-likeness (QED) is 0.342. The molecule has 7 heteroatoms. The number of thiocarbonyl (C=S) groups is 1. The summed E-state index contributed by atoms with van der Waals surface area (Å²) in [7, 11) is 2.29. The predicted molar refractivity (Wildman–Crippen MR) is 127 cm³/mol. The normalized spacial score (nSPS) is 22.0. The lowest BCUT2D eigenvalue weighted by Crippen LogP contribution is -2.72. The van der Waals surface area contributed by atoms with Crippen LogP contribution in [0.5, 0.6) is 11.5 Å². The Labute approximate surface area is 188 Å². The average molecular weight is 451 g/mol. The fraction of sp³-hybridized carbons (Fsp3) is 0.652. The van der Waals surface area contributed by atoms with Crippen molar-refractivity contribution in [2.24, 2.45) is 17.3 Å². The first-order chi connectivity index (χ1) is 13.9. The van der Waals surface area contributed by atoms with E-state index in [-0.39, 0.29) is 29.2 Å². The van der Waals surface area contributed by atoms with E-state index in [9.17, 15) is 4.79 Å². The molecule has 0 unspecified atom stereocenters. The number of hydrogen-bond donors (Lipinski definition) is 1. The summed E-state index contributed by atoms with van der Waals surface area (Å²) in [4.78, 5) is 13.6. The molecule has 0 aliphatic carbocycles. The fourth-order valence-corrected chi connectivity index (χ4v) is 5.65. The maximum atomic E-state index is 12.7. The second-order valence-electron chi connectivity index (χ2n) is 9.49. The lowest BCUT2D eigenvalue weighted by atomic mass is 9.62. The Bertz CT molecular complexity index is 792. The van der Waals surface area contributed by atoms with Crippen LogP contribution in [-0.4, -0.2) is 45.7 Å². The Kier molecular flexibility index (Phi) is 7.75. The lowest BCUT2D eigenvalue weighted by molar-refractivity contribution is -0.160. The number of carbonyl (C=O) groups excluding carboxylic acids is 1. The number of carbonyl (C=O) groups is 1. The molecule has 1 aliphatic rings. The van der Waals surface area contributed by atoms with Crippen LogP contribution in [0.1, 0.15) is 40.2 Å². The Hall–Kier alpha value is -1.44. The first kappa shape index (κ1) is 24.8. The van der Waals surface area contributed by atoms with E-state index >= 15 is 0 Å². The largest absolute Gasteiger partial charge is 0.497 e. The monoisotopic (exact) mass is 450 g/mol. The third-order valence-corrected chi connectivity index (χ3v) is 7.70. The summed E-state index contributed by atoms with van der Waals surface area (Å²) in [6.07, 6.45) is 0.604. The summed E-state index contributed by atoms with van der Waals surface area (Å²) >= 11 is 5.83. The molecule has 1 fully saturated rings. The standard InChI is InChI=1S/C23H36NO4SSi/c1-14(18(29)12-15-10-11-16(26-6)13-17(15)27-7)20-19(21(25)24-20)23(5,22(2,3)4)28-30(8)9/h10-11,13-14,19-20H,12H2,1-9H3,(H,24,25)/t14-,19+,20+,23+/m0/s1. The number of nitrogens with one attached hydrogen (secondary N) is 1. The summed E-state index contributed by atoms with van der Waals surface area (Å²) in [6, 6.07) is 5.72. The molecule has 0 bridgehead atoms. The van der Waals surface area contributed by atoms with Crippen molar-refractivity contribution in [3.05, 3.63) is 23.8 Å². The van der Waals surface area contributed by atoms with Crippen LogP contribution >= 0.6 is 12.2 Å². The number of methoxy groups -OCH3 is 2. The van der Waals surface area contributed by atoms with Crippen molar-refractivity contribution in [2.75, 3.05) is 14.2 Å². The van der Waals surface area contributed by atoms with Gasteiger partial charge in [-0.1, -0.05) is 46.0 Å². The van der Waals surface area contributed by atoms with Gasteiger partial charge in [0.1, 0.15) is 11.5 Å². The third-order valence-electron chi connectivity index (χ3n) is 6.35. The Balaban J connectivity index is 2.24. The van der Waals surface area contributed by atoms with E-state index < -0.39 is 14.6 Å². The second kappa shape index (κ2) is 9.36. The molecule has 2 rings (SSSR count). The number of ether oxygens (including phenoxy) is 2. The summed E-state index contributed by atoms with van der Waals surface area (Å²) in [5.41, 5.74) is 0.273. The fourth-order valence-electron chi connectivity index (χ4n) is 4.06. The van der Waals surface area contributed by atoms with Crippen LogP contribution in [-0.2, 0) is 15.6 Å². The molecule has 4 atom stereocenters. The predicted octanol–water partition coefficient (Wildman–Crippen LogP) is 4.44. The SMILES string of the molecule is COc1ccc(CC(=S)[C@H](C)[C@H]2NC(=O)[C@@H]2[C@@](C)(O[Si](C)C)C(C)(C)C)c(OC)c1. The van der Waals surface area contributed by atoms with E-state index in [1.54, 1.807) is 14.2 Å². The van der Waals surface area contributed by atoms with Gasteiger partial charge in [0.15, 0.2) is 0 Å². The molecule has 1 amide bonds. The van der Waals surface area contributed by atoms with Crippen molar-refractivity contribution < 1.29 is 18.7 Å². The van der Waals surface area contributed by atoms with Crippen molar-refractivity contribution in [1.29, 1.82) is 0 Å². The number of rotatable bonds is 9. The molecule has 0 saturated carbocycles. The van der Waals surface area contributed by atoms with Crippen LogP contribution in [0, 0.1) is 17.3 Å². The van der Waals surface area contributed by atoms with Crippen molar-refractivity contribution >= 4 is 32.0 Å². The second-order valence-corrected chi connectivity index (χ2v) is 12.0. The van der Waals surface area contributed by atoms with E-state index in [2.05, 4.69) is 53.0 Å². The average Bonchev–Trinajstić information content (AvgIpc) is 2.63. The van der Waals surface area contributed by atoms with Crippen LogP contribution in [0.25, 0.3) is 0 Å². The zero-order chi connectivity index (χ0) is 22.9. The van der Waals surface area contributed by atoms with Gasteiger partial charge in [-0.05, 0) is 37.1 Å². The van der Waals surface area contributed by atoms with E-state index in [4.69, 9.17) is 26.1 Å². The molecule has 30 heavy (non-hydrogen) atoms. The molecule has 1 N–H and O–H groups in total. The molecule has 5 nitrogen and oxygen atoms in total. The molecule has 0 aromatic heterocycles. The van der Waals surface area contributed by atoms with Gasteiger partial charge in [0, 0.05) is 23.3 Å². The van der Waals surface area contributed by atoms with Gasteiger partial charge in [-0.3, -0.25) is 4.79 Å². The Morgan fingerprint density at radius 1 is 1.20 bits per heavy atom. The summed E-state index contributed by atoms with van der Waals surface area (Å²) in [5, 5.41) is 3.11. The molecule has 1 saturated heterocycles. The van der Waals surface area contributed by atoms with Crippen LogP contribution in [0.15, 0.2) is 18.2 Å². The van der Waals surface area contributed by atoms with Crippen LogP contribution in [0.2, 0.25) is 13.1 Å². The number of benzene rings is 1. The smallest absolute Gasteiger partial charge is 0.228 e. The van der Waals surface area contributed by atoms with Gasteiger partial charge in [-0.2, -0.15) is 0 Å². The Morgan fingerprint density at radius 3 is 2.30 bits per heavy atom. The van der Waals surface area contributed by atoms with E-state index in [0.29, 0.717) is 6.42 Å². The van der Waals surface area contributed by atoms with Gasteiger partial charge in [0.05, 0.1) is 31.8 Å². The van der Waals surface area contributed by atoms with Crippen molar-refractivity contribution in [2.45, 2.75) is 65.8 Å². The van der Waals surface area contributed by atoms with Gasteiger partial charge >= 0.3 is 0 Å². The molecule has 1 radical (unpaired) electrons. The maximum Gasteiger partial charge on any atom is 0.228 e. The minimum atomic E-state index is -0.991. The summed E-state index contributed by atoms with van der Waals surface area (Å²) < 4.78 is 17.3. The zero-order valence-corrected chi connectivity index (χ0v) is 21.5. The van der Waals surface area contributed by atoms with Gasteiger partial charge in [0.2, 0.25) is 14.9 Å². The van der Waals surface area contributed by atoms with Crippen molar-refractivity contribution in [1.82, 2.24) is 5.32 Å². The molecular weight excluding hydrogens is 414 g/mol. The molecule has 1 aromatic rings. The topological polar surface area (TPSA) is 56.8 Å². The first-order valence-corrected chi connectivity index (χ1v) is 13.2. The molecule has 1 aliphatic heterocycles. The molecule has 167 valence electrons. The van der Waals surface area contributed by atoms with Crippen LogP contribution in [0.3, 0.4) is 0 Å². The van der Waals surface area contributed by atoms with Crippen molar-refractivity contribution in [3.63, 3.8) is 0 Å². The molecular formula is C23H36NO4SSi. The minimum absolute atomic E-state index is 0.0316. The van der Waals surface area contributed by atoms with E-state index in [1.165, 1.54) is 0 Å². The maximum absolute atomic E-state index is 12.7. The highest BCUT2D eigenvalue weighted by Gasteiger charge is 2.58. The van der Waals surface area contributed by atoms with Gasteiger partial charge in [0.25, 0.3) is 0 Å². The van der Waals surface area contributed by atoms with Gasteiger partial charge in [-0.15, -0.1) is 0 Å². The highest BCUT2D eigenvalue weighted by Crippen LogP contribution is 2.46. The lowest BCUT2D eigenvalue weighted by Gasteiger charge is -2.55. The highest BCUT2D eigenvalue weighted by atomic mass is 32.1. The highest BCUT2D eigenvalue weighted by molar-refractivity contribution is 7.80. The molecule has 0 spiro atoms. The number of hydrogen-bond acceptors (Lipinski definition) is 5. The van der Waals surface area contributed by atoms with Crippen LogP contribution < -0.4 is 14.8 Å². The van der Waals surface area contributed by atoms with E-state index in [0.717, 1.165) is 21.9 Å². The first-order valence-electron chi connectivity index (χ1n) is 10.4. The van der Waals surface area contributed by atoms with Crippen LogP contribution in [0.4, 0.5) is 0 Å². The number of amides is 1. The third kappa shape index (κ3) is 4.89. The zero-order valence-electron chi connectivity index (χ0n) is 19.7. The number of β-lactam (4-membered cyclic amide) rings is 1. The summed E-state index contributed by atoms with van der Waals surface area (Å²) in [5.74, 6) is 1.35. The molecule has 1 aromatic carbocycles. The van der Waals surface area contributed by atoms with Gasteiger partial charge < -0.3 is 19.2 Å². The van der Waals surface area contributed by atoms with E-state index in [1.807, 2.05) is 18.2 Å². The van der Waals surface area contributed by atoms with Gasteiger partial charge in [-0.25, -0.2) is 0 Å².